The third-order valence-corrected chi connectivity index (χ3v) is 3.70. The molecule has 0 unspecified atom stereocenters. The van der Waals surface area contributed by atoms with E-state index < -0.39 is 0 Å². The summed E-state index contributed by atoms with van der Waals surface area (Å²) in [4.78, 5) is 6.41. The Morgan fingerprint density at radius 1 is 1.42 bits per heavy atom. The standard InChI is InChI=1S/C15H26FN3/c1-7-15(4,5)19(6)14-12(9-17-11(2)3)8-13(16)10-18-14/h8,10-11,17H,7,9H2,1-6H3. The molecule has 0 radical (unpaired) electrons. The average molecular weight is 267 g/mol. The molecule has 0 fully saturated rings. The van der Waals surface area contributed by atoms with E-state index in [1.165, 1.54) is 6.20 Å². The summed E-state index contributed by atoms with van der Waals surface area (Å²) in [6.07, 6.45) is 2.29. The molecule has 3 nitrogen and oxygen atoms in total. The molecule has 1 aromatic rings. The highest BCUT2D eigenvalue weighted by molar-refractivity contribution is 5.48. The number of aromatic nitrogens is 1. The molecule has 0 aromatic carbocycles. The number of rotatable bonds is 6. The van der Waals surface area contributed by atoms with Crippen LogP contribution in [0.25, 0.3) is 0 Å². The minimum atomic E-state index is -0.285. The minimum Gasteiger partial charge on any atom is -0.354 e. The first-order chi connectivity index (χ1) is 8.77. The van der Waals surface area contributed by atoms with Gasteiger partial charge in [0.1, 0.15) is 11.6 Å². The van der Waals surface area contributed by atoms with Crippen molar-refractivity contribution in [1.29, 1.82) is 0 Å². The van der Waals surface area contributed by atoms with Crippen molar-refractivity contribution in [2.45, 2.75) is 59.2 Å². The van der Waals surface area contributed by atoms with E-state index in [4.69, 9.17) is 0 Å². The molecule has 108 valence electrons. The SMILES string of the molecule is CCC(C)(C)N(C)c1ncc(F)cc1CNC(C)C. The molecule has 1 heterocycles. The van der Waals surface area contributed by atoms with Gasteiger partial charge >= 0.3 is 0 Å². The molecule has 4 heteroatoms. The van der Waals surface area contributed by atoms with Crippen LogP contribution in [0.5, 0.6) is 0 Å². The summed E-state index contributed by atoms with van der Waals surface area (Å²) in [6.45, 7) is 11.3. The van der Waals surface area contributed by atoms with E-state index in [0.717, 1.165) is 17.8 Å². The largest absolute Gasteiger partial charge is 0.354 e. The van der Waals surface area contributed by atoms with E-state index in [9.17, 15) is 4.39 Å². The first-order valence-electron chi connectivity index (χ1n) is 6.89. The maximum Gasteiger partial charge on any atom is 0.141 e. The van der Waals surface area contributed by atoms with Crippen molar-refractivity contribution in [1.82, 2.24) is 10.3 Å². The van der Waals surface area contributed by atoms with Crippen molar-refractivity contribution in [3.05, 3.63) is 23.6 Å². The molecule has 19 heavy (non-hydrogen) atoms. The molecule has 0 bridgehead atoms. The normalized spacial score (nSPS) is 12.0. The molecular formula is C15H26FN3. The van der Waals surface area contributed by atoms with Crippen molar-refractivity contribution in [3.8, 4) is 0 Å². The monoisotopic (exact) mass is 267 g/mol. The molecule has 0 saturated carbocycles. The maximum atomic E-state index is 13.4. The van der Waals surface area contributed by atoms with Crippen LogP contribution in [0.2, 0.25) is 0 Å². The maximum absolute atomic E-state index is 13.4. The van der Waals surface area contributed by atoms with E-state index in [2.05, 4.69) is 49.8 Å². The van der Waals surface area contributed by atoms with Gasteiger partial charge in [-0.1, -0.05) is 20.8 Å². The van der Waals surface area contributed by atoms with Crippen LogP contribution in [0, 0.1) is 5.82 Å². The summed E-state index contributed by atoms with van der Waals surface area (Å²) in [5, 5.41) is 3.32. The van der Waals surface area contributed by atoms with Crippen LogP contribution in [-0.4, -0.2) is 23.6 Å². The minimum absolute atomic E-state index is 0.00257. The van der Waals surface area contributed by atoms with E-state index in [-0.39, 0.29) is 11.4 Å². The smallest absolute Gasteiger partial charge is 0.141 e. The van der Waals surface area contributed by atoms with Gasteiger partial charge in [-0.3, -0.25) is 0 Å². The van der Waals surface area contributed by atoms with Crippen LogP contribution in [0.4, 0.5) is 10.2 Å². The number of pyridine rings is 1. The highest BCUT2D eigenvalue weighted by Gasteiger charge is 2.24. The fraction of sp³-hybridized carbons (Fsp3) is 0.667. The van der Waals surface area contributed by atoms with Crippen LogP contribution in [0.3, 0.4) is 0 Å². The Kier molecular flexibility index (Phi) is 5.29. The van der Waals surface area contributed by atoms with Crippen molar-refractivity contribution in [3.63, 3.8) is 0 Å². The number of nitrogens with one attached hydrogen (secondary N) is 1. The predicted molar refractivity (Wildman–Crippen MR) is 78.9 cm³/mol. The van der Waals surface area contributed by atoms with Gasteiger partial charge in [0.05, 0.1) is 6.20 Å². The van der Waals surface area contributed by atoms with Gasteiger partial charge in [-0.15, -0.1) is 0 Å². The van der Waals surface area contributed by atoms with Gasteiger partial charge in [-0.2, -0.15) is 0 Å². The second-order valence-corrected chi connectivity index (χ2v) is 5.90. The molecule has 1 N–H and O–H groups in total. The van der Waals surface area contributed by atoms with Gasteiger partial charge in [0.15, 0.2) is 0 Å². The lowest BCUT2D eigenvalue weighted by molar-refractivity contribution is 0.463. The zero-order valence-electron chi connectivity index (χ0n) is 12.9. The number of nitrogens with zero attached hydrogens (tertiary/aromatic N) is 2. The summed E-state index contributed by atoms with van der Waals surface area (Å²) < 4.78 is 13.4. The highest BCUT2D eigenvalue weighted by atomic mass is 19.1. The summed E-state index contributed by atoms with van der Waals surface area (Å²) >= 11 is 0. The Hall–Kier alpha value is -1.16. The van der Waals surface area contributed by atoms with Gasteiger partial charge in [-0.05, 0) is 26.3 Å². The fourth-order valence-corrected chi connectivity index (χ4v) is 1.74. The van der Waals surface area contributed by atoms with Crippen molar-refractivity contribution >= 4 is 5.82 Å². The predicted octanol–water partition coefficient (Wildman–Crippen LogP) is 3.34. The van der Waals surface area contributed by atoms with Gasteiger partial charge in [0.25, 0.3) is 0 Å². The number of hydrogen-bond donors (Lipinski definition) is 1. The molecule has 0 aliphatic heterocycles. The lowest BCUT2D eigenvalue weighted by Gasteiger charge is -2.37. The Bertz CT molecular complexity index is 416. The van der Waals surface area contributed by atoms with Gasteiger partial charge in [-0.25, -0.2) is 9.37 Å². The first-order valence-corrected chi connectivity index (χ1v) is 6.89. The Morgan fingerprint density at radius 2 is 2.05 bits per heavy atom. The Labute approximate surface area is 116 Å². The third kappa shape index (κ3) is 4.16. The van der Waals surface area contributed by atoms with E-state index in [0.29, 0.717) is 12.6 Å². The molecule has 1 rings (SSSR count). The number of hydrogen-bond acceptors (Lipinski definition) is 3. The van der Waals surface area contributed by atoms with E-state index in [1.54, 1.807) is 6.07 Å². The van der Waals surface area contributed by atoms with Gasteiger partial charge < -0.3 is 10.2 Å². The van der Waals surface area contributed by atoms with E-state index >= 15 is 0 Å². The molecule has 0 aliphatic carbocycles. The first kappa shape index (κ1) is 15.9. The van der Waals surface area contributed by atoms with Crippen LogP contribution in [0.15, 0.2) is 12.3 Å². The van der Waals surface area contributed by atoms with Gasteiger partial charge in [0.2, 0.25) is 0 Å². The number of halogens is 1. The summed E-state index contributed by atoms with van der Waals surface area (Å²) in [5.74, 6) is 0.563. The Balaban J connectivity index is 3.05. The summed E-state index contributed by atoms with van der Waals surface area (Å²) in [5.41, 5.74) is 0.898. The molecule has 0 atom stereocenters. The van der Waals surface area contributed by atoms with Gasteiger partial charge in [0, 0.05) is 30.7 Å². The van der Waals surface area contributed by atoms with Crippen LogP contribution in [-0.2, 0) is 6.54 Å². The van der Waals surface area contributed by atoms with Crippen LogP contribution in [0.1, 0.15) is 46.6 Å². The number of anilines is 1. The topological polar surface area (TPSA) is 28.2 Å². The molecule has 0 saturated heterocycles. The quantitative estimate of drug-likeness (QED) is 0.856. The molecule has 1 aromatic heterocycles. The lowest BCUT2D eigenvalue weighted by Crippen LogP contribution is -2.42. The Morgan fingerprint density at radius 3 is 2.58 bits per heavy atom. The zero-order valence-corrected chi connectivity index (χ0v) is 12.9. The molecule has 0 spiro atoms. The highest BCUT2D eigenvalue weighted by Crippen LogP contribution is 2.26. The molecular weight excluding hydrogens is 241 g/mol. The van der Waals surface area contributed by atoms with Crippen molar-refractivity contribution in [2.75, 3.05) is 11.9 Å². The van der Waals surface area contributed by atoms with Crippen molar-refractivity contribution in [2.24, 2.45) is 0 Å². The summed E-state index contributed by atoms with van der Waals surface area (Å²) in [6, 6.07) is 1.93. The van der Waals surface area contributed by atoms with Crippen LogP contribution < -0.4 is 10.2 Å². The summed E-state index contributed by atoms with van der Waals surface area (Å²) in [7, 11) is 2.02. The molecule has 0 aliphatic rings. The van der Waals surface area contributed by atoms with E-state index in [1.807, 2.05) is 7.05 Å². The van der Waals surface area contributed by atoms with Crippen molar-refractivity contribution < 1.29 is 4.39 Å². The van der Waals surface area contributed by atoms with Crippen LogP contribution >= 0.6 is 0 Å². The lowest BCUT2D eigenvalue weighted by atomic mass is 9.99. The second-order valence-electron chi connectivity index (χ2n) is 5.90. The average Bonchev–Trinajstić information content (AvgIpc) is 2.35. The second kappa shape index (κ2) is 6.33. The fourth-order valence-electron chi connectivity index (χ4n) is 1.74. The third-order valence-electron chi connectivity index (χ3n) is 3.70. The molecule has 0 amide bonds. The zero-order chi connectivity index (χ0) is 14.6.